The molecule has 0 saturated carbocycles. The maximum Gasteiger partial charge on any atom is 0.243 e. The summed E-state index contributed by atoms with van der Waals surface area (Å²) >= 11 is 0. The molecule has 3 rings (SSSR count). The van der Waals surface area contributed by atoms with Gasteiger partial charge in [0.05, 0.1) is 4.90 Å². The van der Waals surface area contributed by atoms with Crippen LogP contribution in [0.5, 0.6) is 0 Å². The van der Waals surface area contributed by atoms with Crippen LogP contribution in [0.2, 0.25) is 0 Å². The standard InChI is InChI=1S/C16H20N2O2S/c1-13-2-4-14-6-7-16(12-15(14)5-3-13)21(19,20)18-10-8-17-9-11-18/h2-7,12-13,17H,8-11H2,1H3. The van der Waals surface area contributed by atoms with Crippen molar-refractivity contribution < 1.29 is 8.42 Å². The summed E-state index contributed by atoms with van der Waals surface area (Å²) in [7, 11) is -3.39. The molecule has 1 atom stereocenters. The molecule has 1 heterocycles. The van der Waals surface area contributed by atoms with Gasteiger partial charge in [0.1, 0.15) is 0 Å². The van der Waals surface area contributed by atoms with Crippen molar-refractivity contribution in [2.45, 2.75) is 11.8 Å². The Balaban J connectivity index is 1.97. The van der Waals surface area contributed by atoms with E-state index in [1.165, 1.54) is 0 Å². The second-order valence-electron chi connectivity index (χ2n) is 5.52. The van der Waals surface area contributed by atoms with Crippen LogP contribution < -0.4 is 5.32 Å². The fraction of sp³-hybridized carbons (Fsp3) is 0.375. The molecule has 0 amide bonds. The van der Waals surface area contributed by atoms with E-state index in [-0.39, 0.29) is 0 Å². The van der Waals surface area contributed by atoms with Crippen LogP contribution >= 0.6 is 0 Å². The first-order valence-electron chi connectivity index (χ1n) is 7.29. The molecular formula is C16H20N2O2S. The fourth-order valence-electron chi connectivity index (χ4n) is 2.62. The third-order valence-electron chi connectivity index (χ3n) is 3.93. The average molecular weight is 304 g/mol. The van der Waals surface area contributed by atoms with Gasteiger partial charge in [-0.1, -0.05) is 37.3 Å². The SMILES string of the molecule is CC1C=Cc2ccc(S(=O)(=O)N3CCNCC3)cc2C=C1. The number of piperazine rings is 1. The molecule has 5 heteroatoms. The summed E-state index contributed by atoms with van der Waals surface area (Å²) in [6.45, 7) is 4.60. The van der Waals surface area contributed by atoms with Crippen molar-refractivity contribution in [3.05, 3.63) is 41.5 Å². The van der Waals surface area contributed by atoms with Gasteiger partial charge in [0.15, 0.2) is 0 Å². The van der Waals surface area contributed by atoms with Gasteiger partial charge in [-0.15, -0.1) is 0 Å². The number of nitrogens with zero attached hydrogens (tertiary/aromatic N) is 1. The normalized spacial score (nSPS) is 22.8. The van der Waals surface area contributed by atoms with E-state index in [1.54, 1.807) is 16.4 Å². The van der Waals surface area contributed by atoms with Gasteiger partial charge in [-0.3, -0.25) is 0 Å². The van der Waals surface area contributed by atoms with E-state index >= 15 is 0 Å². The number of hydrogen-bond acceptors (Lipinski definition) is 3. The zero-order valence-corrected chi connectivity index (χ0v) is 12.9. The van der Waals surface area contributed by atoms with Crippen LogP contribution in [0.15, 0.2) is 35.2 Å². The maximum absolute atomic E-state index is 12.7. The van der Waals surface area contributed by atoms with E-state index in [0.29, 0.717) is 37.0 Å². The Morgan fingerprint density at radius 3 is 2.48 bits per heavy atom. The van der Waals surface area contributed by atoms with Gasteiger partial charge in [-0.25, -0.2) is 8.42 Å². The molecule has 112 valence electrons. The minimum atomic E-state index is -3.39. The first-order valence-corrected chi connectivity index (χ1v) is 8.73. The Kier molecular flexibility index (Phi) is 3.97. The number of rotatable bonds is 2. The summed E-state index contributed by atoms with van der Waals surface area (Å²) in [6.07, 6.45) is 8.27. The predicted molar refractivity (Wildman–Crippen MR) is 85.3 cm³/mol. The Bertz CT molecular complexity index is 686. The Morgan fingerprint density at radius 1 is 1.10 bits per heavy atom. The monoisotopic (exact) mass is 304 g/mol. The molecule has 1 aromatic carbocycles. The maximum atomic E-state index is 12.7. The molecule has 1 unspecified atom stereocenters. The number of benzene rings is 1. The van der Waals surface area contributed by atoms with Gasteiger partial charge < -0.3 is 5.32 Å². The van der Waals surface area contributed by atoms with Crippen LogP contribution in [0.3, 0.4) is 0 Å². The second-order valence-corrected chi connectivity index (χ2v) is 7.46. The van der Waals surface area contributed by atoms with E-state index in [1.807, 2.05) is 12.1 Å². The lowest BCUT2D eigenvalue weighted by molar-refractivity contribution is 0.360. The Hall–Kier alpha value is -1.43. The van der Waals surface area contributed by atoms with Gasteiger partial charge in [0.25, 0.3) is 0 Å². The Morgan fingerprint density at radius 2 is 1.76 bits per heavy atom. The predicted octanol–water partition coefficient (Wildman–Crippen LogP) is 1.96. The van der Waals surface area contributed by atoms with Crippen molar-refractivity contribution in [2.75, 3.05) is 26.2 Å². The lowest BCUT2D eigenvalue weighted by Gasteiger charge is -2.26. The summed E-state index contributed by atoms with van der Waals surface area (Å²) in [5.41, 5.74) is 2.03. The van der Waals surface area contributed by atoms with Crippen LogP contribution in [-0.2, 0) is 10.0 Å². The number of sulfonamides is 1. The van der Waals surface area contributed by atoms with Gasteiger partial charge in [-0.2, -0.15) is 4.31 Å². The van der Waals surface area contributed by atoms with Crippen molar-refractivity contribution >= 4 is 22.2 Å². The second kappa shape index (κ2) is 5.75. The number of nitrogens with one attached hydrogen (secondary N) is 1. The van der Waals surface area contributed by atoms with Crippen LogP contribution in [0.1, 0.15) is 18.1 Å². The molecule has 1 aromatic rings. The smallest absolute Gasteiger partial charge is 0.243 e. The van der Waals surface area contributed by atoms with Crippen molar-refractivity contribution in [1.82, 2.24) is 9.62 Å². The molecular weight excluding hydrogens is 284 g/mol. The largest absolute Gasteiger partial charge is 0.314 e. The van der Waals surface area contributed by atoms with E-state index in [9.17, 15) is 8.42 Å². The van der Waals surface area contributed by atoms with Crippen molar-refractivity contribution in [3.8, 4) is 0 Å². The molecule has 1 fully saturated rings. The highest BCUT2D eigenvalue weighted by atomic mass is 32.2. The molecule has 21 heavy (non-hydrogen) atoms. The van der Waals surface area contributed by atoms with Crippen molar-refractivity contribution in [2.24, 2.45) is 5.92 Å². The summed E-state index contributed by atoms with van der Waals surface area (Å²) in [4.78, 5) is 0.385. The zero-order chi connectivity index (χ0) is 14.9. The summed E-state index contributed by atoms with van der Waals surface area (Å²) < 4.78 is 26.9. The number of hydrogen-bond donors (Lipinski definition) is 1. The number of fused-ring (bicyclic) bond motifs is 1. The lowest BCUT2D eigenvalue weighted by Crippen LogP contribution is -2.46. The Labute approximate surface area is 126 Å². The van der Waals surface area contributed by atoms with E-state index in [2.05, 4.69) is 30.5 Å². The lowest BCUT2D eigenvalue weighted by atomic mass is 10.1. The van der Waals surface area contributed by atoms with Gasteiger partial charge in [0, 0.05) is 26.2 Å². The van der Waals surface area contributed by atoms with Crippen molar-refractivity contribution in [3.63, 3.8) is 0 Å². The van der Waals surface area contributed by atoms with Gasteiger partial charge in [0.2, 0.25) is 10.0 Å². The van der Waals surface area contributed by atoms with Crippen LogP contribution in [0.4, 0.5) is 0 Å². The fourth-order valence-corrected chi connectivity index (χ4v) is 4.10. The van der Waals surface area contributed by atoms with Crippen LogP contribution in [-0.4, -0.2) is 38.9 Å². The molecule has 0 spiro atoms. The molecule has 1 aliphatic carbocycles. The molecule has 0 aromatic heterocycles. The van der Waals surface area contributed by atoms with E-state index < -0.39 is 10.0 Å². The zero-order valence-electron chi connectivity index (χ0n) is 12.1. The van der Waals surface area contributed by atoms with E-state index in [4.69, 9.17) is 0 Å². The first-order chi connectivity index (χ1) is 10.1. The van der Waals surface area contributed by atoms with E-state index in [0.717, 1.165) is 11.1 Å². The first kappa shape index (κ1) is 14.5. The molecule has 0 bridgehead atoms. The van der Waals surface area contributed by atoms with Gasteiger partial charge in [-0.05, 0) is 29.2 Å². The summed E-state index contributed by atoms with van der Waals surface area (Å²) in [6, 6.07) is 5.39. The third kappa shape index (κ3) is 2.95. The minimum absolute atomic E-state index is 0.366. The molecule has 2 aliphatic rings. The highest BCUT2D eigenvalue weighted by Crippen LogP contribution is 2.25. The van der Waals surface area contributed by atoms with Crippen molar-refractivity contribution in [1.29, 1.82) is 0 Å². The molecule has 4 nitrogen and oxygen atoms in total. The van der Waals surface area contributed by atoms with Crippen LogP contribution in [0, 0.1) is 5.92 Å². The summed E-state index contributed by atoms with van der Waals surface area (Å²) in [5.74, 6) is 0.366. The highest BCUT2D eigenvalue weighted by Gasteiger charge is 2.26. The summed E-state index contributed by atoms with van der Waals surface area (Å²) in [5, 5.41) is 3.17. The molecule has 0 radical (unpaired) electrons. The highest BCUT2D eigenvalue weighted by molar-refractivity contribution is 7.89. The quantitative estimate of drug-likeness (QED) is 0.908. The topological polar surface area (TPSA) is 49.4 Å². The molecule has 1 N–H and O–H groups in total. The van der Waals surface area contributed by atoms with Gasteiger partial charge >= 0.3 is 0 Å². The third-order valence-corrected chi connectivity index (χ3v) is 5.83. The average Bonchev–Trinajstić information content (AvgIpc) is 2.70. The molecule has 1 aliphatic heterocycles. The minimum Gasteiger partial charge on any atom is -0.314 e. The number of allylic oxidation sites excluding steroid dienone is 2. The van der Waals surface area contributed by atoms with Crippen LogP contribution in [0.25, 0.3) is 12.2 Å². The molecule has 1 saturated heterocycles.